The zero-order valence-corrected chi connectivity index (χ0v) is 19.0. The molecular formula is C23H23F3N4O5. The Morgan fingerprint density at radius 2 is 1.94 bits per heavy atom. The number of nitrogens with one attached hydrogen (secondary N) is 1. The Morgan fingerprint density at radius 1 is 1.14 bits per heavy atom. The Labute approximate surface area is 198 Å². The minimum atomic E-state index is -4.62. The third-order valence-corrected chi connectivity index (χ3v) is 4.75. The third-order valence-electron chi connectivity index (χ3n) is 4.75. The van der Waals surface area contributed by atoms with Gasteiger partial charge in [0.1, 0.15) is 17.9 Å². The summed E-state index contributed by atoms with van der Waals surface area (Å²) in [5.41, 5.74) is -0.512. The number of alkyl halides is 3. The Morgan fingerprint density at radius 3 is 2.60 bits per heavy atom. The minimum absolute atomic E-state index is 0.0135. The number of carbonyl (C=O) groups excluding carboxylic acids is 2. The molecular weight excluding hydrogens is 469 g/mol. The van der Waals surface area contributed by atoms with Crippen molar-refractivity contribution in [2.75, 3.05) is 32.2 Å². The number of anilines is 1. The molecule has 1 N–H and O–H groups in total. The highest BCUT2D eigenvalue weighted by Gasteiger charge is 2.31. The first kappa shape index (κ1) is 25.7. The van der Waals surface area contributed by atoms with Crippen molar-refractivity contribution < 1.29 is 37.0 Å². The fourth-order valence-electron chi connectivity index (χ4n) is 3.12. The Bertz CT molecular complexity index is 1170. The highest BCUT2D eigenvalue weighted by atomic mass is 19.4. The van der Waals surface area contributed by atoms with E-state index in [1.165, 1.54) is 18.0 Å². The van der Waals surface area contributed by atoms with E-state index in [9.17, 15) is 22.8 Å². The van der Waals surface area contributed by atoms with Gasteiger partial charge in [0.15, 0.2) is 12.4 Å². The predicted octanol–water partition coefficient (Wildman–Crippen LogP) is 3.67. The number of halogens is 3. The second kappa shape index (κ2) is 11.5. The van der Waals surface area contributed by atoms with Gasteiger partial charge in [-0.2, -0.15) is 18.3 Å². The second-order valence-corrected chi connectivity index (χ2v) is 7.13. The molecule has 0 unspecified atom stereocenters. The lowest BCUT2D eigenvalue weighted by Crippen LogP contribution is -2.22. The van der Waals surface area contributed by atoms with E-state index >= 15 is 0 Å². The lowest BCUT2D eigenvalue weighted by molar-refractivity contribution is -0.137. The van der Waals surface area contributed by atoms with E-state index in [4.69, 9.17) is 14.2 Å². The number of methoxy groups -OCH3 is 1. The SMILES string of the molecule is CCc1c(C(=O)OCC(=O)Nc2cc(C(F)(F)F)ccc2OCCOC)cnn1-c1ccccn1. The largest absolute Gasteiger partial charge is 0.489 e. The molecule has 0 aliphatic rings. The number of carbonyl (C=O) groups is 2. The lowest BCUT2D eigenvalue weighted by atomic mass is 10.1. The topological polar surface area (TPSA) is 105 Å². The summed E-state index contributed by atoms with van der Waals surface area (Å²) in [6.07, 6.45) is -1.30. The van der Waals surface area contributed by atoms with E-state index in [2.05, 4.69) is 15.4 Å². The van der Waals surface area contributed by atoms with Crippen molar-refractivity contribution in [2.45, 2.75) is 19.5 Å². The highest BCUT2D eigenvalue weighted by Crippen LogP contribution is 2.35. The van der Waals surface area contributed by atoms with E-state index in [0.29, 0.717) is 17.9 Å². The van der Waals surface area contributed by atoms with Crippen LogP contribution in [0.15, 0.2) is 48.8 Å². The number of hydrogen-bond donors (Lipinski definition) is 1. The van der Waals surface area contributed by atoms with E-state index < -0.39 is 30.2 Å². The van der Waals surface area contributed by atoms with Crippen LogP contribution in [0.5, 0.6) is 5.75 Å². The van der Waals surface area contributed by atoms with Gasteiger partial charge in [-0.3, -0.25) is 4.79 Å². The molecule has 1 amide bonds. The molecule has 0 aliphatic carbocycles. The Kier molecular flexibility index (Phi) is 8.42. The number of nitrogens with zero attached hydrogens (tertiary/aromatic N) is 3. The van der Waals surface area contributed by atoms with E-state index in [0.717, 1.165) is 18.2 Å². The zero-order chi connectivity index (χ0) is 25.4. The molecule has 9 nitrogen and oxygen atoms in total. The molecule has 3 aromatic rings. The summed E-state index contributed by atoms with van der Waals surface area (Å²) in [7, 11) is 1.44. The molecule has 0 saturated carbocycles. The molecule has 0 saturated heterocycles. The van der Waals surface area contributed by atoms with Gasteiger partial charge < -0.3 is 19.5 Å². The number of aromatic nitrogens is 3. The summed E-state index contributed by atoms with van der Waals surface area (Å²) in [6, 6.07) is 7.91. The molecule has 3 rings (SSSR count). The molecule has 0 aliphatic heterocycles. The summed E-state index contributed by atoms with van der Waals surface area (Å²) in [5, 5.41) is 6.48. The summed E-state index contributed by atoms with van der Waals surface area (Å²) < 4.78 is 56.2. The van der Waals surface area contributed by atoms with Crippen LogP contribution in [0.25, 0.3) is 5.82 Å². The Balaban J connectivity index is 1.70. The number of pyridine rings is 1. The molecule has 12 heteroatoms. The second-order valence-electron chi connectivity index (χ2n) is 7.13. The maximum atomic E-state index is 13.1. The normalized spacial score (nSPS) is 11.2. The first-order valence-corrected chi connectivity index (χ1v) is 10.5. The third kappa shape index (κ3) is 6.57. The van der Waals surface area contributed by atoms with Crippen LogP contribution < -0.4 is 10.1 Å². The van der Waals surface area contributed by atoms with Crippen LogP contribution >= 0.6 is 0 Å². The van der Waals surface area contributed by atoms with Crippen LogP contribution in [0, 0.1) is 0 Å². The maximum absolute atomic E-state index is 13.1. The van der Waals surface area contributed by atoms with Crippen molar-refractivity contribution in [3.05, 3.63) is 65.6 Å². The van der Waals surface area contributed by atoms with Gasteiger partial charge >= 0.3 is 12.1 Å². The molecule has 2 aromatic heterocycles. The van der Waals surface area contributed by atoms with E-state index in [-0.39, 0.29) is 30.2 Å². The van der Waals surface area contributed by atoms with Gasteiger partial charge in [-0.1, -0.05) is 13.0 Å². The van der Waals surface area contributed by atoms with Gasteiger partial charge in [-0.05, 0) is 36.8 Å². The van der Waals surface area contributed by atoms with Gasteiger partial charge in [-0.15, -0.1) is 0 Å². The van der Waals surface area contributed by atoms with Gasteiger partial charge in [0.2, 0.25) is 0 Å². The van der Waals surface area contributed by atoms with Crippen LogP contribution in [-0.2, 0) is 26.9 Å². The Hall–Kier alpha value is -3.93. The summed E-state index contributed by atoms with van der Waals surface area (Å²) >= 11 is 0. The quantitative estimate of drug-likeness (QED) is 0.340. The molecule has 186 valence electrons. The molecule has 1 aromatic carbocycles. The van der Waals surface area contributed by atoms with Crippen molar-refractivity contribution in [1.29, 1.82) is 0 Å². The molecule has 2 heterocycles. The fraction of sp³-hybridized carbons (Fsp3) is 0.304. The minimum Gasteiger partial charge on any atom is -0.489 e. The summed E-state index contributed by atoms with van der Waals surface area (Å²) in [5.74, 6) is -1.13. The summed E-state index contributed by atoms with van der Waals surface area (Å²) in [6.45, 7) is 1.33. The molecule has 35 heavy (non-hydrogen) atoms. The highest BCUT2D eigenvalue weighted by molar-refractivity contribution is 5.96. The fourth-order valence-corrected chi connectivity index (χ4v) is 3.12. The van der Waals surface area contributed by atoms with Crippen molar-refractivity contribution in [1.82, 2.24) is 14.8 Å². The number of esters is 1. The molecule has 0 bridgehead atoms. The average Bonchev–Trinajstić information content (AvgIpc) is 3.28. The van der Waals surface area contributed by atoms with Crippen LogP contribution in [0.1, 0.15) is 28.5 Å². The van der Waals surface area contributed by atoms with Gasteiger partial charge in [0.05, 0.1) is 29.7 Å². The number of benzene rings is 1. The first-order valence-electron chi connectivity index (χ1n) is 10.5. The number of hydrogen-bond acceptors (Lipinski definition) is 7. The predicted molar refractivity (Wildman–Crippen MR) is 118 cm³/mol. The summed E-state index contributed by atoms with van der Waals surface area (Å²) in [4.78, 5) is 29.2. The smallest absolute Gasteiger partial charge is 0.416 e. The van der Waals surface area contributed by atoms with Crippen molar-refractivity contribution >= 4 is 17.6 Å². The van der Waals surface area contributed by atoms with Crippen LogP contribution in [-0.4, -0.2) is 53.6 Å². The maximum Gasteiger partial charge on any atom is 0.416 e. The van der Waals surface area contributed by atoms with Crippen molar-refractivity contribution in [3.63, 3.8) is 0 Å². The van der Waals surface area contributed by atoms with Gasteiger partial charge in [0.25, 0.3) is 5.91 Å². The zero-order valence-electron chi connectivity index (χ0n) is 19.0. The van der Waals surface area contributed by atoms with Crippen LogP contribution in [0.4, 0.5) is 18.9 Å². The number of rotatable bonds is 10. The molecule has 0 radical (unpaired) electrons. The van der Waals surface area contributed by atoms with Crippen molar-refractivity contribution in [3.8, 4) is 11.6 Å². The monoisotopic (exact) mass is 492 g/mol. The first-order chi connectivity index (χ1) is 16.7. The molecule has 0 atom stereocenters. The van der Waals surface area contributed by atoms with Gasteiger partial charge in [0, 0.05) is 13.3 Å². The lowest BCUT2D eigenvalue weighted by Gasteiger charge is -2.15. The van der Waals surface area contributed by atoms with Gasteiger partial charge in [-0.25, -0.2) is 14.5 Å². The van der Waals surface area contributed by atoms with Crippen molar-refractivity contribution in [2.24, 2.45) is 0 Å². The standard InChI is InChI=1S/C23H23F3N4O5/c1-3-18-16(13-28-30(18)20-6-4-5-9-27-20)22(32)35-14-21(31)29-17-12-15(23(24,25)26)7-8-19(17)34-11-10-33-2/h4-9,12-13H,3,10-11,14H2,1-2H3,(H,29,31). The van der Waals surface area contributed by atoms with Crippen LogP contribution in [0.3, 0.4) is 0 Å². The average molecular weight is 492 g/mol. The number of amides is 1. The molecule has 0 spiro atoms. The number of ether oxygens (including phenoxy) is 3. The molecule has 0 fully saturated rings. The van der Waals surface area contributed by atoms with E-state index in [1.54, 1.807) is 24.4 Å². The van der Waals surface area contributed by atoms with E-state index in [1.807, 2.05) is 6.92 Å². The van der Waals surface area contributed by atoms with Crippen LogP contribution in [0.2, 0.25) is 0 Å².